The van der Waals surface area contributed by atoms with Crippen molar-refractivity contribution in [2.45, 2.75) is 32.1 Å². The van der Waals surface area contributed by atoms with E-state index in [-0.39, 0.29) is 5.91 Å². The Morgan fingerprint density at radius 2 is 2.29 bits per heavy atom. The maximum Gasteiger partial charge on any atom is 0.253 e. The van der Waals surface area contributed by atoms with Crippen molar-refractivity contribution in [1.29, 1.82) is 0 Å². The molecule has 1 amide bonds. The second kappa shape index (κ2) is 5.53. The van der Waals surface area contributed by atoms with Gasteiger partial charge in [0, 0.05) is 31.2 Å². The van der Waals surface area contributed by atoms with E-state index in [0.717, 1.165) is 17.5 Å². The lowest BCUT2D eigenvalue weighted by molar-refractivity contribution is 0.0956. The molecule has 0 fully saturated rings. The first kappa shape index (κ1) is 14.1. The highest BCUT2D eigenvalue weighted by Crippen LogP contribution is 2.38. The summed E-state index contributed by atoms with van der Waals surface area (Å²) >= 11 is 0. The molecular weight excluding hydrogens is 262 g/mol. The quantitative estimate of drug-likeness (QED) is 0.909. The van der Waals surface area contributed by atoms with Gasteiger partial charge in [-0.2, -0.15) is 0 Å². The number of carbonyl (C=O) groups excluding carboxylic acids is 1. The van der Waals surface area contributed by atoms with Crippen LogP contribution in [-0.4, -0.2) is 23.6 Å². The number of amides is 1. The van der Waals surface area contributed by atoms with E-state index in [9.17, 15) is 4.79 Å². The number of aryl methyl sites for hydroxylation is 2. The third kappa shape index (κ3) is 2.23. The minimum atomic E-state index is -0.0309. The van der Waals surface area contributed by atoms with E-state index in [0.29, 0.717) is 19.0 Å². The Labute approximate surface area is 125 Å². The standard InChI is InChI=1S/C17H23N3O/c1-11-5-3-6-12-13-7-4-8-14(17(21)19-10-9-18)16(13)20(2)15(11)12/h4,7-8,11H,3,5-6,9-10,18H2,1-2H3,(H,19,21). The summed E-state index contributed by atoms with van der Waals surface area (Å²) < 4.78 is 2.23. The third-order valence-electron chi connectivity index (χ3n) is 4.57. The molecule has 21 heavy (non-hydrogen) atoms. The molecule has 1 heterocycles. The number of benzene rings is 1. The first-order valence-corrected chi connectivity index (χ1v) is 7.73. The molecule has 2 aromatic rings. The van der Waals surface area contributed by atoms with Gasteiger partial charge in [0.2, 0.25) is 0 Å². The Morgan fingerprint density at radius 1 is 1.48 bits per heavy atom. The van der Waals surface area contributed by atoms with E-state index >= 15 is 0 Å². The molecule has 1 unspecified atom stereocenters. The van der Waals surface area contributed by atoms with Crippen molar-refractivity contribution >= 4 is 16.8 Å². The number of para-hydroxylation sites is 1. The van der Waals surface area contributed by atoms with Crippen LogP contribution in [-0.2, 0) is 13.5 Å². The average molecular weight is 285 g/mol. The third-order valence-corrected chi connectivity index (χ3v) is 4.57. The molecule has 1 atom stereocenters. The van der Waals surface area contributed by atoms with Gasteiger partial charge in [-0.05, 0) is 36.8 Å². The fourth-order valence-electron chi connectivity index (χ4n) is 3.69. The van der Waals surface area contributed by atoms with Crippen LogP contribution in [0.2, 0.25) is 0 Å². The SMILES string of the molecule is CC1CCCc2c1n(C)c1c(C(=O)NCCN)cccc21. The molecule has 0 bridgehead atoms. The molecule has 1 aromatic carbocycles. The van der Waals surface area contributed by atoms with Gasteiger partial charge in [-0.15, -0.1) is 0 Å². The van der Waals surface area contributed by atoms with Gasteiger partial charge in [-0.3, -0.25) is 4.79 Å². The Morgan fingerprint density at radius 3 is 3.05 bits per heavy atom. The van der Waals surface area contributed by atoms with Crippen LogP contribution < -0.4 is 11.1 Å². The van der Waals surface area contributed by atoms with Crippen molar-refractivity contribution in [1.82, 2.24) is 9.88 Å². The first-order valence-electron chi connectivity index (χ1n) is 7.73. The van der Waals surface area contributed by atoms with E-state index in [1.54, 1.807) is 0 Å². The summed E-state index contributed by atoms with van der Waals surface area (Å²) in [6.45, 7) is 3.25. The minimum Gasteiger partial charge on any atom is -0.351 e. The molecule has 0 spiro atoms. The van der Waals surface area contributed by atoms with Gasteiger partial charge in [0.1, 0.15) is 0 Å². The van der Waals surface area contributed by atoms with Gasteiger partial charge in [0.05, 0.1) is 11.1 Å². The zero-order valence-corrected chi connectivity index (χ0v) is 12.8. The average Bonchev–Trinajstić information content (AvgIpc) is 2.79. The van der Waals surface area contributed by atoms with Gasteiger partial charge in [0.15, 0.2) is 0 Å². The Bertz CT molecular complexity index is 687. The van der Waals surface area contributed by atoms with Crippen LogP contribution in [0.5, 0.6) is 0 Å². The molecule has 0 saturated heterocycles. The fraction of sp³-hybridized carbons (Fsp3) is 0.471. The number of carbonyl (C=O) groups is 1. The predicted octanol–water partition coefficient (Wildman–Crippen LogP) is 2.31. The van der Waals surface area contributed by atoms with Crippen molar-refractivity contribution < 1.29 is 4.79 Å². The number of hydrogen-bond donors (Lipinski definition) is 2. The highest BCUT2D eigenvalue weighted by atomic mass is 16.1. The maximum atomic E-state index is 12.4. The zero-order chi connectivity index (χ0) is 15.0. The zero-order valence-electron chi connectivity index (χ0n) is 12.8. The Hall–Kier alpha value is -1.81. The van der Waals surface area contributed by atoms with Crippen molar-refractivity contribution in [3.05, 3.63) is 35.0 Å². The highest BCUT2D eigenvalue weighted by Gasteiger charge is 2.25. The van der Waals surface area contributed by atoms with Crippen LogP contribution in [0.25, 0.3) is 10.9 Å². The molecule has 112 valence electrons. The van der Waals surface area contributed by atoms with Crippen LogP contribution in [0.4, 0.5) is 0 Å². The molecule has 3 N–H and O–H groups in total. The van der Waals surface area contributed by atoms with Crippen LogP contribution in [0, 0.1) is 0 Å². The smallest absolute Gasteiger partial charge is 0.253 e. The molecule has 1 aliphatic rings. The summed E-state index contributed by atoms with van der Waals surface area (Å²) in [5.41, 5.74) is 10.1. The lowest BCUT2D eigenvalue weighted by Gasteiger charge is -2.20. The molecular formula is C17H23N3O. The van der Waals surface area contributed by atoms with E-state index in [1.807, 2.05) is 12.1 Å². The second-order valence-electron chi connectivity index (χ2n) is 5.96. The van der Waals surface area contributed by atoms with Crippen molar-refractivity contribution in [2.24, 2.45) is 12.8 Å². The highest BCUT2D eigenvalue weighted by molar-refractivity contribution is 6.07. The van der Waals surface area contributed by atoms with Gasteiger partial charge >= 0.3 is 0 Å². The largest absolute Gasteiger partial charge is 0.351 e. The summed E-state index contributed by atoms with van der Waals surface area (Å²) in [6.07, 6.45) is 3.58. The van der Waals surface area contributed by atoms with E-state index in [1.165, 1.54) is 29.5 Å². The number of hydrogen-bond acceptors (Lipinski definition) is 2. The van der Waals surface area contributed by atoms with E-state index in [4.69, 9.17) is 5.73 Å². The van der Waals surface area contributed by atoms with E-state index in [2.05, 4.69) is 29.9 Å². The molecule has 0 saturated carbocycles. The summed E-state index contributed by atoms with van der Waals surface area (Å²) in [6, 6.07) is 6.04. The van der Waals surface area contributed by atoms with Crippen molar-refractivity contribution in [3.63, 3.8) is 0 Å². The molecule has 3 rings (SSSR count). The van der Waals surface area contributed by atoms with Crippen molar-refractivity contribution in [3.8, 4) is 0 Å². The first-order chi connectivity index (χ1) is 10.1. The number of rotatable bonds is 3. The Kier molecular flexibility index (Phi) is 3.72. The lowest BCUT2D eigenvalue weighted by atomic mass is 9.88. The lowest BCUT2D eigenvalue weighted by Crippen LogP contribution is -2.29. The van der Waals surface area contributed by atoms with Crippen LogP contribution in [0.1, 0.15) is 47.3 Å². The molecule has 1 aliphatic carbocycles. The normalized spacial score (nSPS) is 17.8. The maximum absolute atomic E-state index is 12.4. The fourth-order valence-corrected chi connectivity index (χ4v) is 3.69. The molecule has 1 aromatic heterocycles. The van der Waals surface area contributed by atoms with Crippen LogP contribution in [0.3, 0.4) is 0 Å². The Balaban J connectivity index is 2.17. The van der Waals surface area contributed by atoms with Gasteiger partial charge < -0.3 is 15.6 Å². The number of nitrogens with one attached hydrogen (secondary N) is 1. The second-order valence-corrected chi connectivity index (χ2v) is 5.96. The number of fused-ring (bicyclic) bond motifs is 3. The molecule has 0 aliphatic heterocycles. The van der Waals surface area contributed by atoms with Crippen molar-refractivity contribution in [2.75, 3.05) is 13.1 Å². The summed E-state index contributed by atoms with van der Waals surface area (Å²) in [5.74, 6) is 0.530. The number of nitrogens with two attached hydrogens (primary N) is 1. The molecule has 0 radical (unpaired) electrons. The van der Waals surface area contributed by atoms with Gasteiger partial charge in [0.25, 0.3) is 5.91 Å². The summed E-state index contributed by atoms with van der Waals surface area (Å²) in [4.78, 5) is 12.4. The van der Waals surface area contributed by atoms with Crippen LogP contribution in [0.15, 0.2) is 18.2 Å². The topological polar surface area (TPSA) is 60.0 Å². The van der Waals surface area contributed by atoms with Gasteiger partial charge in [-0.25, -0.2) is 0 Å². The number of aromatic nitrogens is 1. The molecule has 4 heteroatoms. The van der Waals surface area contributed by atoms with Crippen LogP contribution >= 0.6 is 0 Å². The monoisotopic (exact) mass is 285 g/mol. The van der Waals surface area contributed by atoms with E-state index < -0.39 is 0 Å². The molecule has 4 nitrogen and oxygen atoms in total. The number of nitrogens with zero attached hydrogens (tertiary/aromatic N) is 1. The summed E-state index contributed by atoms with van der Waals surface area (Å²) in [5, 5.41) is 4.12. The van der Waals surface area contributed by atoms with Gasteiger partial charge in [-0.1, -0.05) is 19.1 Å². The minimum absolute atomic E-state index is 0.0309. The predicted molar refractivity (Wildman–Crippen MR) is 85.7 cm³/mol. The summed E-state index contributed by atoms with van der Waals surface area (Å²) in [7, 11) is 2.09.